The number of rotatable bonds is 6. The molecule has 19 heavy (non-hydrogen) atoms. The Balaban J connectivity index is 2.45. The molecule has 1 unspecified atom stereocenters. The molecule has 0 radical (unpaired) electrons. The molecule has 0 aromatic heterocycles. The van der Waals surface area contributed by atoms with Gasteiger partial charge in [-0.15, -0.1) is 0 Å². The largest absolute Gasteiger partial charge is 0.378 e. The Kier molecular flexibility index (Phi) is 5.83. The molecule has 0 bridgehead atoms. The number of carbonyl (C=O) groups excluding carboxylic acids is 1. The summed E-state index contributed by atoms with van der Waals surface area (Å²) in [5.74, 6) is 0.155. The summed E-state index contributed by atoms with van der Waals surface area (Å²) >= 11 is 0. The fourth-order valence-corrected chi connectivity index (χ4v) is 1.80. The van der Waals surface area contributed by atoms with Crippen molar-refractivity contribution in [2.75, 3.05) is 39.6 Å². The van der Waals surface area contributed by atoms with Crippen LogP contribution in [0.25, 0.3) is 0 Å². The normalized spacial score (nSPS) is 12.1. The molecule has 4 nitrogen and oxygen atoms in total. The molecule has 0 saturated carbocycles. The molecule has 0 heterocycles. The van der Waals surface area contributed by atoms with E-state index in [0.717, 1.165) is 0 Å². The van der Waals surface area contributed by atoms with Crippen molar-refractivity contribution < 1.29 is 4.79 Å². The number of hydrogen-bond acceptors (Lipinski definition) is 3. The highest BCUT2D eigenvalue weighted by atomic mass is 16.2. The molecule has 106 valence electrons. The fourth-order valence-electron chi connectivity index (χ4n) is 1.80. The second kappa shape index (κ2) is 7.14. The highest BCUT2D eigenvalue weighted by Crippen LogP contribution is 2.17. The van der Waals surface area contributed by atoms with Crippen LogP contribution < -0.4 is 10.2 Å². The van der Waals surface area contributed by atoms with Crippen molar-refractivity contribution in [2.45, 2.75) is 19.4 Å². The van der Waals surface area contributed by atoms with Gasteiger partial charge in [0.2, 0.25) is 5.91 Å². The number of benzene rings is 1. The van der Waals surface area contributed by atoms with Crippen molar-refractivity contribution in [3.63, 3.8) is 0 Å². The van der Waals surface area contributed by atoms with Gasteiger partial charge in [0, 0.05) is 52.9 Å². The Morgan fingerprint density at radius 1 is 1.16 bits per heavy atom. The summed E-state index contributed by atoms with van der Waals surface area (Å²) in [7, 11) is 7.63. The van der Waals surface area contributed by atoms with Crippen LogP contribution in [0.15, 0.2) is 24.3 Å². The molecule has 1 rings (SSSR count). The van der Waals surface area contributed by atoms with Gasteiger partial charge in [-0.2, -0.15) is 0 Å². The summed E-state index contributed by atoms with van der Waals surface area (Å²) in [5.41, 5.74) is 2.43. The summed E-state index contributed by atoms with van der Waals surface area (Å²) in [6.45, 7) is 2.82. The zero-order chi connectivity index (χ0) is 14.4. The molecule has 0 fully saturated rings. The van der Waals surface area contributed by atoms with E-state index in [1.807, 2.05) is 14.1 Å². The Morgan fingerprint density at radius 2 is 1.74 bits per heavy atom. The second-order valence-corrected chi connectivity index (χ2v) is 5.20. The molecule has 1 atom stereocenters. The van der Waals surface area contributed by atoms with E-state index in [9.17, 15) is 4.79 Å². The molecule has 1 aromatic rings. The first-order valence-electron chi connectivity index (χ1n) is 6.62. The van der Waals surface area contributed by atoms with Crippen LogP contribution in [0, 0.1) is 0 Å². The average molecular weight is 263 g/mol. The molecule has 0 aliphatic heterocycles. The van der Waals surface area contributed by atoms with Gasteiger partial charge in [-0.25, -0.2) is 0 Å². The Labute approximate surface area is 116 Å². The minimum Gasteiger partial charge on any atom is -0.378 e. The Hall–Kier alpha value is -1.55. The summed E-state index contributed by atoms with van der Waals surface area (Å²) in [6, 6.07) is 8.73. The summed E-state index contributed by atoms with van der Waals surface area (Å²) in [4.78, 5) is 15.2. The van der Waals surface area contributed by atoms with Gasteiger partial charge in [-0.05, 0) is 24.6 Å². The van der Waals surface area contributed by atoms with E-state index in [-0.39, 0.29) is 11.9 Å². The van der Waals surface area contributed by atoms with E-state index < -0.39 is 0 Å². The van der Waals surface area contributed by atoms with Crippen LogP contribution in [0.4, 0.5) is 5.69 Å². The number of amides is 1. The molecule has 0 aliphatic rings. The molecule has 0 aliphatic carbocycles. The highest BCUT2D eigenvalue weighted by molar-refractivity contribution is 5.75. The van der Waals surface area contributed by atoms with Crippen molar-refractivity contribution in [3.05, 3.63) is 29.8 Å². The van der Waals surface area contributed by atoms with Crippen LogP contribution in [0.3, 0.4) is 0 Å². The monoisotopic (exact) mass is 263 g/mol. The van der Waals surface area contributed by atoms with Crippen LogP contribution in [-0.2, 0) is 4.79 Å². The topological polar surface area (TPSA) is 35.6 Å². The molecular formula is C15H25N3O. The predicted octanol–water partition coefficient (Wildman–Crippen LogP) is 1.88. The van der Waals surface area contributed by atoms with Crippen molar-refractivity contribution in [1.29, 1.82) is 0 Å². The van der Waals surface area contributed by atoms with Crippen molar-refractivity contribution >= 4 is 11.6 Å². The Morgan fingerprint density at radius 3 is 2.21 bits per heavy atom. The molecule has 0 saturated heterocycles. The third-order valence-electron chi connectivity index (χ3n) is 3.20. The number of nitrogens with zero attached hydrogens (tertiary/aromatic N) is 2. The molecule has 0 spiro atoms. The van der Waals surface area contributed by atoms with Gasteiger partial charge < -0.3 is 15.1 Å². The summed E-state index contributed by atoms with van der Waals surface area (Å²) in [5, 5.41) is 3.37. The van der Waals surface area contributed by atoms with Crippen LogP contribution in [0.1, 0.15) is 24.9 Å². The zero-order valence-electron chi connectivity index (χ0n) is 12.6. The van der Waals surface area contributed by atoms with Gasteiger partial charge in [0.1, 0.15) is 0 Å². The van der Waals surface area contributed by atoms with Crippen molar-refractivity contribution in [1.82, 2.24) is 10.2 Å². The summed E-state index contributed by atoms with van der Waals surface area (Å²) in [6.07, 6.45) is 0.535. The number of anilines is 1. The first-order chi connectivity index (χ1) is 8.91. The second-order valence-electron chi connectivity index (χ2n) is 5.20. The van der Waals surface area contributed by atoms with Gasteiger partial charge in [0.15, 0.2) is 0 Å². The van der Waals surface area contributed by atoms with Crippen LogP contribution in [-0.4, -0.2) is 45.5 Å². The van der Waals surface area contributed by atoms with E-state index in [1.165, 1.54) is 11.3 Å². The molecular weight excluding hydrogens is 238 g/mol. The lowest BCUT2D eigenvalue weighted by Gasteiger charge is -2.17. The van der Waals surface area contributed by atoms with Gasteiger partial charge in [-0.1, -0.05) is 12.1 Å². The van der Waals surface area contributed by atoms with E-state index in [2.05, 4.69) is 41.4 Å². The molecule has 4 heteroatoms. The molecule has 1 aromatic carbocycles. The van der Waals surface area contributed by atoms with E-state index in [1.54, 1.807) is 19.0 Å². The first kappa shape index (κ1) is 15.5. The van der Waals surface area contributed by atoms with E-state index in [0.29, 0.717) is 13.0 Å². The van der Waals surface area contributed by atoms with Gasteiger partial charge in [-0.3, -0.25) is 4.79 Å². The lowest BCUT2D eigenvalue weighted by Crippen LogP contribution is -2.28. The first-order valence-corrected chi connectivity index (χ1v) is 6.62. The third kappa shape index (κ3) is 4.91. The predicted molar refractivity (Wildman–Crippen MR) is 80.5 cm³/mol. The van der Waals surface area contributed by atoms with E-state index in [4.69, 9.17) is 0 Å². The fraction of sp³-hybridized carbons (Fsp3) is 0.533. The van der Waals surface area contributed by atoms with Gasteiger partial charge in [0.25, 0.3) is 0 Å². The number of carbonyl (C=O) groups is 1. The summed E-state index contributed by atoms with van der Waals surface area (Å²) < 4.78 is 0. The average Bonchev–Trinajstić information content (AvgIpc) is 2.38. The zero-order valence-corrected chi connectivity index (χ0v) is 12.6. The standard InChI is InChI=1S/C15H25N3O/c1-12(16-11-10-15(19)18(4)5)13-6-8-14(9-7-13)17(2)3/h6-9,12,16H,10-11H2,1-5H3. The van der Waals surface area contributed by atoms with Crippen LogP contribution in [0.2, 0.25) is 0 Å². The molecule has 1 N–H and O–H groups in total. The maximum atomic E-state index is 11.5. The van der Waals surface area contributed by atoms with E-state index >= 15 is 0 Å². The maximum absolute atomic E-state index is 11.5. The number of nitrogens with one attached hydrogen (secondary N) is 1. The lowest BCUT2D eigenvalue weighted by molar-refractivity contribution is -0.128. The van der Waals surface area contributed by atoms with Crippen LogP contribution in [0.5, 0.6) is 0 Å². The van der Waals surface area contributed by atoms with Crippen molar-refractivity contribution in [2.24, 2.45) is 0 Å². The smallest absolute Gasteiger partial charge is 0.223 e. The van der Waals surface area contributed by atoms with Gasteiger partial charge >= 0.3 is 0 Å². The van der Waals surface area contributed by atoms with Gasteiger partial charge in [0.05, 0.1) is 0 Å². The highest BCUT2D eigenvalue weighted by Gasteiger charge is 2.07. The maximum Gasteiger partial charge on any atom is 0.223 e. The third-order valence-corrected chi connectivity index (χ3v) is 3.20. The minimum atomic E-state index is 0.155. The quantitative estimate of drug-likeness (QED) is 0.851. The lowest BCUT2D eigenvalue weighted by atomic mass is 10.1. The number of hydrogen-bond donors (Lipinski definition) is 1. The SMILES string of the molecule is CC(NCCC(=O)N(C)C)c1ccc(N(C)C)cc1. The minimum absolute atomic E-state index is 0.155. The van der Waals surface area contributed by atoms with Crippen LogP contribution >= 0.6 is 0 Å². The van der Waals surface area contributed by atoms with Crippen molar-refractivity contribution in [3.8, 4) is 0 Å². The Bertz CT molecular complexity index is 398. The molecule has 1 amide bonds.